The Labute approximate surface area is 155 Å². The molecule has 26 heavy (non-hydrogen) atoms. The first kappa shape index (κ1) is 20.1. The quantitative estimate of drug-likeness (QED) is 0.410. The third kappa shape index (κ3) is 5.68. The normalized spacial score (nSPS) is 12.2. The van der Waals surface area contributed by atoms with Crippen LogP contribution in [0.4, 0.5) is 0 Å². The van der Waals surface area contributed by atoms with E-state index in [0.717, 1.165) is 36.2 Å². The minimum absolute atomic E-state index is 0.526. The van der Waals surface area contributed by atoms with Gasteiger partial charge in [0, 0.05) is 25.2 Å². The topological polar surface area (TPSA) is 70.4 Å². The van der Waals surface area contributed by atoms with Gasteiger partial charge >= 0.3 is 0 Å². The number of nitrogens with one attached hydrogen (secondary N) is 1. The molecule has 2 aromatic rings. The molecule has 0 radical (unpaired) electrons. The number of amides is 1. The third-order valence-electron chi connectivity index (χ3n) is 4.53. The van der Waals surface area contributed by atoms with Crippen molar-refractivity contribution in [2.75, 3.05) is 13.1 Å². The van der Waals surface area contributed by atoms with Gasteiger partial charge in [-0.3, -0.25) is 14.9 Å². The fraction of sp³-hybridized carbons (Fsp3) is 0.500. The van der Waals surface area contributed by atoms with Crippen molar-refractivity contribution in [3.05, 3.63) is 36.2 Å². The van der Waals surface area contributed by atoms with Crippen LogP contribution in [-0.4, -0.2) is 44.7 Å². The van der Waals surface area contributed by atoms with Crippen LogP contribution in [-0.2, 0) is 11.3 Å². The number of imidazole rings is 1. The maximum atomic E-state index is 11.1. The van der Waals surface area contributed by atoms with Gasteiger partial charge < -0.3 is 4.57 Å². The molecule has 0 unspecified atom stereocenters. The summed E-state index contributed by atoms with van der Waals surface area (Å²) in [7, 11) is 0. The van der Waals surface area contributed by atoms with Crippen LogP contribution in [0.2, 0.25) is 0 Å². The lowest BCUT2D eigenvalue weighted by atomic mass is 10.1. The van der Waals surface area contributed by atoms with E-state index in [0.29, 0.717) is 12.0 Å². The second-order valence-corrected chi connectivity index (χ2v) is 7.31. The molecule has 0 aliphatic heterocycles. The second kappa shape index (κ2) is 9.50. The number of carbonyl (C=O) groups excluding carboxylic acids is 1. The van der Waals surface area contributed by atoms with Crippen molar-refractivity contribution in [1.29, 1.82) is 0 Å². The highest BCUT2D eigenvalue weighted by Crippen LogP contribution is 2.16. The van der Waals surface area contributed by atoms with Crippen molar-refractivity contribution < 1.29 is 10.0 Å². The van der Waals surface area contributed by atoms with Gasteiger partial charge in [0.2, 0.25) is 0 Å². The lowest BCUT2D eigenvalue weighted by molar-refractivity contribution is -0.124. The number of benzene rings is 1. The number of rotatable bonds is 9. The Morgan fingerprint density at radius 2 is 2.08 bits per heavy atom. The van der Waals surface area contributed by atoms with Crippen LogP contribution in [0.3, 0.4) is 0 Å². The summed E-state index contributed by atoms with van der Waals surface area (Å²) < 4.78 is 2.17. The van der Waals surface area contributed by atoms with Gasteiger partial charge in [0.15, 0.2) is 0 Å². The number of fused-ring (bicyclic) bond motifs is 1. The van der Waals surface area contributed by atoms with Crippen LogP contribution in [0.5, 0.6) is 0 Å². The van der Waals surface area contributed by atoms with E-state index in [1.807, 2.05) is 24.5 Å². The number of hydrogen-bond donors (Lipinski definition) is 2. The molecule has 0 bridgehead atoms. The van der Waals surface area contributed by atoms with Gasteiger partial charge in [-0.25, -0.2) is 10.5 Å². The van der Waals surface area contributed by atoms with Gasteiger partial charge in [0.1, 0.15) is 0 Å². The summed E-state index contributed by atoms with van der Waals surface area (Å²) in [6, 6.07) is 6.43. The van der Waals surface area contributed by atoms with Crippen LogP contribution in [0.25, 0.3) is 17.1 Å². The molecule has 1 aromatic heterocycles. The zero-order valence-electron chi connectivity index (χ0n) is 16.1. The fourth-order valence-corrected chi connectivity index (χ4v) is 2.86. The smallest absolute Gasteiger partial charge is 0.267 e. The van der Waals surface area contributed by atoms with E-state index in [1.54, 1.807) is 11.6 Å². The molecule has 0 spiro atoms. The van der Waals surface area contributed by atoms with Gasteiger partial charge in [-0.05, 0) is 56.5 Å². The summed E-state index contributed by atoms with van der Waals surface area (Å²) in [4.78, 5) is 18.1. The van der Waals surface area contributed by atoms with Crippen molar-refractivity contribution in [2.24, 2.45) is 5.92 Å². The van der Waals surface area contributed by atoms with E-state index < -0.39 is 5.91 Å². The molecule has 0 fully saturated rings. The molecule has 6 nitrogen and oxygen atoms in total. The van der Waals surface area contributed by atoms with Gasteiger partial charge in [-0.1, -0.05) is 19.9 Å². The molecule has 6 heteroatoms. The number of carbonyl (C=O) groups is 1. The molecule has 1 amide bonds. The van der Waals surface area contributed by atoms with Crippen molar-refractivity contribution in [2.45, 2.75) is 46.7 Å². The fourth-order valence-electron chi connectivity index (χ4n) is 2.86. The van der Waals surface area contributed by atoms with E-state index in [2.05, 4.69) is 42.1 Å². The lowest BCUT2D eigenvalue weighted by Crippen LogP contribution is -2.35. The van der Waals surface area contributed by atoms with E-state index in [1.165, 1.54) is 12.5 Å². The molecule has 2 N–H and O–H groups in total. The van der Waals surface area contributed by atoms with Crippen LogP contribution in [0.1, 0.15) is 39.7 Å². The molecule has 0 saturated heterocycles. The van der Waals surface area contributed by atoms with Crippen LogP contribution >= 0.6 is 0 Å². The first-order chi connectivity index (χ1) is 12.4. The number of nitrogens with zero attached hydrogens (tertiary/aromatic N) is 3. The Kier molecular flexibility index (Phi) is 7.36. The summed E-state index contributed by atoms with van der Waals surface area (Å²) in [5.41, 5.74) is 4.43. The Hall–Kier alpha value is -2.18. The Bertz CT molecular complexity index is 749. The predicted octanol–water partition coefficient (Wildman–Crippen LogP) is 3.31. The van der Waals surface area contributed by atoms with Crippen LogP contribution in [0.15, 0.2) is 30.6 Å². The van der Waals surface area contributed by atoms with Crippen molar-refractivity contribution >= 4 is 23.0 Å². The SMILES string of the molecule is CC(C)CCN(CCn1cnc2cc(/C=C/C(=O)NO)ccc21)C(C)C. The van der Waals surface area contributed by atoms with Crippen molar-refractivity contribution in [1.82, 2.24) is 19.9 Å². The maximum absolute atomic E-state index is 11.1. The summed E-state index contributed by atoms with van der Waals surface area (Å²) in [5, 5.41) is 8.53. The first-order valence-corrected chi connectivity index (χ1v) is 9.21. The molecule has 0 aliphatic carbocycles. The lowest BCUT2D eigenvalue weighted by Gasteiger charge is -2.27. The molecule has 0 aliphatic rings. The predicted molar refractivity (Wildman–Crippen MR) is 105 cm³/mol. The largest absolute Gasteiger partial charge is 0.329 e. The average molecular weight is 358 g/mol. The van der Waals surface area contributed by atoms with E-state index in [4.69, 9.17) is 5.21 Å². The van der Waals surface area contributed by atoms with Crippen LogP contribution < -0.4 is 5.48 Å². The molecule has 1 heterocycles. The molecule has 0 saturated carbocycles. The monoisotopic (exact) mass is 358 g/mol. The Morgan fingerprint density at radius 1 is 1.31 bits per heavy atom. The molecular weight excluding hydrogens is 328 g/mol. The first-order valence-electron chi connectivity index (χ1n) is 9.21. The second-order valence-electron chi connectivity index (χ2n) is 7.31. The summed E-state index contributed by atoms with van der Waals surface area (Å²) in [6.45, 7) is 12.0. The third-order valence-corrected chi connectivity index (χ3v) is 4.53. The molecule has 142 valence electrons. The molecular formula is C20H30N4O2. The number of aromatic nitrogens is 2. The van der Waals surface area contributed by atoms with E-state index in [-0.39, 0.29) is 0 Å². The summed E-state index contributed by atoms with van der Waals surface area (Å²) in [6.07, 6.45) is 6.02. The van der Waals surface area contributed by atoms with Gasteiger partial charge in [0.05, 0.1) is 17.4 Å². The van der Waals surface area contributed by atoms with Gasteiger partial charge in [0.25, 0.3) is 5.91 Å². The number of hydroxylamine groups is 1. The van der Waals surface area contributed by atoms with Crippen LogP contribution in [0, 0.1) is 5.92 Å². The van der Waals surface area contributed by atoms with E-state index >= 15 is 0 Å². The summed E-state index contributed by atoms with van der Waals surface area (Å²) in [5.74, 6) is 0.163. The zero-order valence-corrected chi connectivity index (χ0v) is 16.1. The zero-order chi connectivity index (χ0) is 19.1. The van der Waals surface area contributed by atoms with Gasteiger partial charge in [-0.15, -0.1) is 0 Å². The highest BCUT2D eigenvalue weighted by molar-refractivity contribution is 5.91. The molecule has 0 atom stereocenters. The van der Waals surface area contributed by atoms with Crippen molar-refractivity contribution in [3.63, 3.8) is 0 Å². The average Bonchev–Trinajstić information content (AvgIpc) is 3.01. The standard InChI is InChI=1S/C20H30N4O2/c1-15(2)9-10-23(16(3)4)11-12-24-14-21-18-13-17(5-7-19(18)24)6-8-20(25)22-26/h5-8,13-16,26H,9-12H2,1-4H3,(H,22,25)/b8-6+. The maximum Gasteiger partial charge on any atom is 0.267 e. The minimum Gasteiger partial charge on any atom is -0.329 e. The van der Waals surface area contributed by atoms with Gasteiger partial charge in [-0.2, -0.15) is 0 Å². The molecule has 2 rings (SSSR count). The Balaban J connectivity index is 2.06. The highest BCUT2D eigenvalue weighted by atomic mass is 16.5. The summed E-state index contributed by atoms with van der Waals surface area (Å²) >= 11 is 0. The Morgan fingerprint density at radius 3 is 2.73 bits per heavy atom. The highest BCUT2D eigenvalue weighted by Gasteiger charge is 2.11. The van der Waals surface area contributed by atoms with Crippen molar-refractivity contribution in [3.8, 4) is 0 Å². The van der Waals surface area contributed by atoms with E-state index in [9.17, 15) is 4.79 Å². The molecule has 1 aromatic carbocycles. The minimum atomic E-state index is -0.550. The number of hydrogen-bond acceptors (Lipinski definition) is 4.